The van der Waals surface area contributed by atoms with Gasteiger partial charge in [-0.25, -0.2) is 0 Å². The third-order valence-electron chi connectivity index (χ3n) is 4.41. The van der Waals surface area contributed by atoms with Crippen LogP contribution in [0, 0.1) is 0 Å². The van der Waals surface area contributed by atoms with Gasteiger partial charge in [0.2, 0.25) is 5.91 Å². The Balaban J connectivity index is 1.52. The largest absolute Gasteiger partial charge is 0.497 e. The van der Waals surface area contributed by atoms with Crippen LogP contribution in [0.4, 0.5) is 0 Å². The van der Waals surface area contributed by atoms with E-state index in [2.05, 4.69) is 15.5 Å². The summed E-state index contributed by atoms with van der Waals surface area (Å²) in [4.78, 5) is 24.4. The van der Waals surface area contributed by atoms with Gasteiger partial charge < -0.3 is 14.6 Å². The predicted octanol–water partition coefficient (Wildman–Crippen LogP) is 3.78. The lowest BCUT2D eigenvalue weighted by Gasteiger charge is -2.05. The molecule has 0 saturated carbocycles. The third kappa shape index (κ3) is 6.19. The highest BCUT2D eigenvalue weighted by molar-refractivity contribution is 7.99. The van der Waals surface area contributed by atoms with E-state index < -0.39 is 0 Å². The maximum atomic E-state index is 12.4. The lowest BCUT2D eigenvalue weighted by Crippen LogP contribution is -2.22. The number of hydrogen-bond acceptors (Lipinski definition) is 6. The average molecular weight is 457 g/mol. The van der Waals surface area contributed by atoms with Crippen molar-refractivity contribution < 1.29 is 14.3 Å². The second-order valence-corrected chi connectivity index (χ2v) is 7.82. The first-order chi connectivity index (χ1) is 15.0. The lowest BCUT2D eigenvalue weighted by atomic mass is 10.1. The SMILES string of the molecule is COc1ccc(C(=O)CSc2nnc(CNC(=O)/C=C/c3ccccc3Cl)n2C)cc1. The van der Waals surface area contributed by atoms with E-state index in [1.165, 1.54) is 17.8 Å². The molecular weight excluding hydrogens is 436 g/mol. The molecule has 0 aliphatic heterocycles. The Morgan fingerprint density at radius 1 is 1.16 bits per heavy atom. The van der Waals surface area contributed by atoms with Crippen molar-refractivity contribution in [3.63, 3.8) is 0 Å². The molecule has 1 aromatic heterocycles. The Morgan fingerprint density at radius 3 is 2.61 bits per heavy atom. The fourth-order valence-corrected chi connectivity index (χ4v) is 3.64. The van der Waals surface area contributed by atoms with Crippen molar-refractivity contribution in [2.75, 3.05) is 12.9 Å². The molecule has 3 aromatic rings. The van der Waals surface area contributed by atoms with Crippen LogP contribution in [0.15, 0.2) is 59.8 Å². The number of nitrogens with one attached hydrogen (secondary N) is 1. The van der Waals surface area contributed by atoms with E-state index >= 15 is 0 Å². The zero-order valence-electron chi connectivity index (χ0n) is 17.0. The van der Waals surface area contributed by atoms with E-state index in [1.807, 2.05) is 18.2 Å². The molecule has 0 radical (unpaired) electrons. The minimum Gasteiger partial charge on any atom is -0.497 e. The number of carbonyl (C=O) groups is 2. The van der Waals surface area contributed by atoms with Gasteiger partial charge in [-0.3, -0.25) is 9.59 Å². The molecule has 31 heavy (non-hydrogen) atoms. The van der Waals surface area contributed by atoms with Crippen LogP contribution in [-0.2, 0) is 18.4 Å². The van der Waals surface area contributed by atoms with Crippen molar-refractivity contribution in [3.05, 3.63) is 76.6 Å². The summed E-state index contributed by atoms with van der Waals surface area (Å²) in [5.41, 5.74) is 1.37. The molecule has 1 heterocycles. The fraction of sp³-hybridized carbons (Fsp3) is 0.182. The van der Waals surface area contributed by atoms with Crippen LogP contribution in [-0.4, -0.2) is 39.3 Å². The van der Waals surface area contributed by atoms with Crippen molar-refractivity contribution in [3.8, 4) is 5.75 Å². The van der Waals surface area contributed by atoms with Gasteiger partial charge in [0.25, 0.3) is 0 Å². The summed E-state index contributed by atoms with van der Waals surface area (Å²) in [6.07, 6.45) is 3.07. The summed E-state index contributed by atoms with van der Waals surface area (Å²) < 4.78 is 6.86. The standard InChI is InChI=1S/C22H21ClN4O3S/c1-27-20(13-24-21(29)12-9-15-5-3-4-6-18(15)23)25-26-22(27)31-14-19(28)16-7-10-17(30-2)11-8-16/h3-12H,13-14H2,1-2H3,(H,24,29)/b12-9+. The number of carbonyl (C=O) groups excluding carboxylic acids is 2. The molecule has 0 fully saturated rings. The van der Waals surface area contributed by atoms with E-state index in [1.54, 1.807) is 55.1 Å². The zero-order chi connectivity index (χ0) is 22.2. The Kier molecular flexibility index (Phi) is 7.86. The van der Waals surface area contributed by atoms with Crippen molar-refractivity contribution in [1.82, 2.24) is 20.1 Å². The second-order valence-electron chi connectivity index (χ2n) is 6.47. The number of halogens is 1. The number of aromatic nitrogens is 3. The molecule has 7 nitrogen and oxygen atoms in total. The Morgan fingerprint density at radius 2 is 1.90 bits per heavy atom. The molecule has 0 atom stereocenters. The van der Waals surface area contributed by atoms with Crippen molar-refractivity contribution in [2.45, 2.75) is 11.7 Å². The number of benzene rings is 2. The van der Waals surface area contributed by atoms with Gasteiger partial charge >= 0.3 is 0 Å². The van der Waals surface area contributed by atoms with Crippen LogP contribution >= 0.6 is 23.4 Å². The maximum Gasteiger partial charge on any atom is 0.244 e. The van der Waals surface area contributed by atoms with Crippen LogP contribution in [0.2, 0.25) is 5.02 Å². The first-order valence-electron chi connectivity index (χ1n) is 9.36. The van der Waals surface area contributed by atoms with Crippen molar-refractivity contribution in [2.24, 2.45) is 7.05 Å². The van der Waals surface area contributed by atoms with E-state index in [-0.39, 0.29) is 24.0 Å². The van der Waals surface area contributed by atoms with Crippen molar-refractivity contribution >= 4 is 41.1 Å². The molecule has 0 saturated heterocycles. The van der Waals surface area contributed by atoms with E-state index in [9.17, 15) is 9.59 Å². The highest BCUT2D eigenvalue weighted by Crippen LogP contribution is 2.19. The number of amides is 1. The van der Waals surface area contributed by atoms with Gasteiger partial charge in [0.15, 0.2) is 16.8 Å². The lowest BCUT2D eigenvalue weighted by molar-refractivity contribution is -0.116. The summed E-state index contributed by atoms with van der Waals surface area (Å²) >= 11 is 7.36. The number of ether oxygens (including phenoxy) is 1. The molecule has 0 unspecified atom stereocenters. The first kappa shape index (κ1) is 22.6. The predicted molar refractivity (Wildman–Crippen MR) is 121 cm³/mol. The molecule has 0 bridgehead atoms. The monoisotopic (exact) mass is 456 g/mol. The van der Waals surface area contributed by atoms with Gasteiger partial charge in [0.05, 0.1) is 19.4 Å². The fourth-order valence-electron chi connectivity index (χ4n) is 2.62. The van der Waals surface area contributed by atoms with Crippen LogP contribution < -0.4 is 10.1 Å². The molecular formula is C22H21ClN4O3S. The van der Waals surface area contributed by atoms with Crippen LogP contribution in [0.3, 0.4) is 0 Å². The van der Waals surface area contributed by atoms with Gasteiger partial charge in [0.1, 0.15) is 5.75 Å². The zero-order valence-corrected chi connectivity index (χ0v) is 18.6. The van der Waals surface area contributed by atoms with Gasteiger partial charge in [-0.15, -0.1) is 10.2 Å². The number of rotatable bonds is 9. The number of ketones is 1. The number of methoxy groups -OCH3 is 1. The normalized spacial score (nSPS) is 10.9. The number of thioether (sulfide) groups is 1. The van der Waals surface area contributed by atoms with Crippen LogP contribution in [0.25, 0.3) is 6.08 Å². The summed E-state index contributed by atoms with van der Waals surface area (Å²) in [5, 5.41) is 12.1. The number of Topliss-reactive ketones (excluding diaryl/α,β-unsaturated/α-hetero) is 1. The molecule has 0 spiro atoms. The molecule has 9 heteroatoms. The second kappa shape index (κ2) is 10.8. The molecule has 160 valence electrons. The molecule has 0 aliphatic carbocycles. The van der Waals surface area contributed by atoms with Gasteiger partial charge in [-0.05, 0) is 42.0 Å². The molecule has 1 N–H and O–H groups in total. The van der Waals surface area contributed by atoms with Crippen LogP contribution in [0.1, 0.15) is 21.7 Å². The minimum atomic E-state index is -0.271. The quantitative estimate of drug-likeness (QED) is 0.299. The smallest absolute Gasteiger partial charge is 0.244 e. The average Bonchev–Trinajstić information content (AvgIpc) is 3.14. The Labute approximate surface area is 189 Å². The molecule has 3 rings (SSSR count). The van der Waals surface area contributed by atoms with E-state index in [0.717, 1.165) is 5.56 Å². The number of nitrogens with zero attached hydrogens (tertiary/aromatic N) is 3. The van der Waals surface area contributed by atoms with Gasteiger partial charge in [0, 0.05) is 23.7 Å². The Bertz CT molecular complexity index is 1100. The maximum absolute atomic E-state index is 12.4. The van der Waals surface area contributed by atoms with Crippen LogP contribution in [0.5, 0.6) is 5.75 Å². The highest BCUT2D eigenvalue weighted by atomic mass is 35.5. The number of hydrogen-bond donors (Lipinski definition) is 1. The summed E-state index contributed by atoms with van der Waals surface area (Å²) in [6, 6.07) is 14.2. The molecule has 0 aliphatic rings. The molecule has 2 aromatic carbocycles. The third-order valence-corrected chi connectivity index (χ3v) is 5.77. The first-order valence-corrected chi connectivity index (χ1v) is 10.7. The summed E-state index contributed by atoms with van der Waals surface area (Å²) in [6.45, 7) is 0.210. The van der Waals surface area contributed by atoms with Crippen molar-refractivity contribution in [1.29, 1.82) is 0 Å². The minimum absolute atomic E-state index is 0.0183. The Hall–Kier alpha value is -3.10. The van der Waals surface area contributed by atoms with Gasteiger partial charge in [-0.2, -0.15) is 0 Å². The highest BCUT2D eigenvalue weighted by Gasteiger charge is 2.13. The summed E-state index contributed by atoms with van der Waals surface area (Å²) in [5.74, 6) is 1.22. The van der Waals surface area contributed by atoms with Gasteiger partial charge in [-0.1, -0.05) is 41.6 Å². The molecule has 1 amide bonds. The van der Waals surface area contributed by atoms with E-state index in [4.69, 9.17) is 16.3 Å². The topological polar surface area (TPSA) is 86.1 Å². The van der Waals surface area contributed by atoms with E-state index in [0.29, 0.717) is 27.3 Å². The summed E-state index contributed by atoms with van der Waals surface area (Å²) in [7, 11) is 3.37.